The normalized spacial score (nSPS) is 17.2. The van der Waals surface area contributed by atoms with Gasteiger partial charge in [-0.05, 0) is 18.2 Å². The van der Waals surface area contributed by atoms with Gasteiger partial charge in [0.25, 0.3) is 5.79 Å². The number of para-hydroxylation sites is 1. The van der Waals surface area contributed by atoms with Crippen LogP contribution in [0.1, 0.15) is 13.8 Å². The van der Waals surface area contributed by atoms with Gasteiger partial charge in [0, 0.05) is 20.1 Å². The third-order valence-electron chi connectivity index (χ3n) is 2.57. The first-order valence-electron chi connectivity index (χ1n) is 6.20. The average molecular weight is 343 g/mol. The summed E-state index contributed by atoms with van der Waals surface area (Å²) in [6, 6.07) is 4.97. The van der Waals surface area contributed by atoms with Gasteiger partial charge in [-0.15, -0.1) is 0 Å². The van der Waals surface area contributed by atoms with Crippen molar-refractivity contribution in [3.8, 4) is 0 Å². The molecule has 0 aromatic heterocycles. The average Bonchev–Trinajstić information content (AvgIpc) is 2.38. The van der Waals surface area contributed by atoms with E-state index < -0.39 is 17.7 Å². The Morgan fingerprint density at radius 3 is 2.23 bits per heavy atom. The number of nitrogens with zero attached hydrogens (tertiary/aromatic N) is 1. The second-order valence-corrected chi connectivity index (χ2v) is 5.56. The van der Waals surface area contributed by atoms with Crippen LogP contribution >= 0.6 is 23.2 Å². The minimum atomic E-state index is -1.27. The Balaban J connectivity index is 2.08. The lowest BCUT2D eigenvalue weighted by Crippen LogP contribution is -2.41. The van der Waals surface area contributed by atoms with Gasteiger partial charge in [-0.25, -0.2) is 9.59 Å². The second-order valence-electron chi connectivity index (χ2n) is 4.75. The van der Waals surface area contributed by atoms with Crippen molar-refractivity contribution in [3.05, 3.63) is 39.9 Å². The largest absolute Gasteiger partial charge is 0.419 e. The number of carbonyl (C=O) groups is 2. The molecular weight excluding hydrogens is 331 g/mol. The summed E-state index contributed by atoms with van der Waals surface area (Å²) < 4.78 is 9.87. The fourth-order valence-corrected chi connectivity index (χ4v) is 2.10. The summed E-state index contributed by atoms with van der Waals surface area (Å²) >= 11 is 11.9. The number of hydrogen-bond donors (Lipinski definition) is 1. The highest BCUT2D eigenvalue weighted by Crippen LogP contribution is 2.29. The van der Waals surface area contributed by atoms with Crippen LogP contribution in [0.2, 0.25) is 10.0 Å². The zero-order valence-electron chi connectivity index (χ0n) is 11.7. The molecule has 0 saturated carbocycles. The Morgan fingerprint density at radius 2 is 1.68 bits per heavy atom. The van der Waals surface area contributed by atoms with E-state index in [0.717, 1.165) is 0 Å². The molecule has 0 radical (unpaired) electrons. The first-order valence-corrected chi connectivity index (χ1v) is 6.96. The Bertz CT molecular complexity index is 641. The van der Waals surface area contributed by atoms with Gasteiger partial charge in [-0.3, -0.25) is 5.43 Å². The van der Waals surface area contributed by atoms with Gasteiger partial charge < -0.3 is 9.47 Å². The molecule has 1 aromatic rings. The molecule has 1 saturated heterocycles. The van der Waals surface area contributed by atoms with Crippen molar-refractivity contribution in [1.82, 2.24) is 0 Å². The standard InChI is InChI=1S/C14H12Cl2N2O4/c1-14(2)21-12(19)8(13(20)22-14)6-7-17-18-11-9(15)4-3-5-10(11)16/h3-7,18H,1-2H3. The molecule has 1 aliphatic heterocycles. The van der Waals surface area contributed by atoms with Crippen molar-refractivity contribution in [2.75, 3.05) is 5.43 Å². The molecule has 1 fully saturated rings. The fraction of sp³-hybridized carbons (Fsp3) is 0.214. The highest BCUT2D eigenvalue weighted by molar-refractivity contribution is 6.39. The molecule has 8 heteroatoms. The van der Waals surface area contributed by atoms with Crippen molar-refractivity contribution in [2.24, 2.45) is 5.10 Å². The van der Waals surface area contributed by atoms with Gasteiger partial charge in [-0.2, -0.15) is 5.10 Å². The van der Waals surface area contributed by atoms with Gasteiger partial charge in [0.2, 0.25) is 0 Å². The van der Waals surface area contributed by atoms with Gasteiger partial charge in [0.1, 0.15) is 5.57 Å². The van der Waals surface area contributed by atoms with Crippen molar-refractivity contribution < 1.29 is 19.1 Å². The summed E-state index contributed by atoms with van der Waals surface area (Å²) in [4.78, 5) is 23.4. The van der Waals surface area contributed by atoms with E-state index in [4.69, 9.17) is 32.7 Å². The lowest BCUT2D eigenvalue weighted by molar-refractivity contribution is -0.222. The molecule has 1 aliphatic rings. The number of anilines is 1. The van der Waals surface area contributed by atoms with Gasteiger partial charge in [-0.1, -0.05) is 29.3 Å². The van der Waals surface area contributed by atoms with Gasteiger partial charge in [0.15, 0.2) is 0 Å². The number of esters is 2. The Kier molecular flexibility index (Phi) is 4.73. The number of halogens is 2. The van der Waals surface area contributed by atoms with Crippen molar-refractivity contribution in [3.63, 3.8) is 0 Å². The lowest BCUT2D eigenvalue weighted by Gasteiger charge is -2.29. The van der Waals surface area contributed by atoms with Crippen LogP contribution in [-0.2, 0) is 19.1 Å². The first kappa shape index (κ1) is 16.3. The second kappa shape index (κ2) is 6.37. The molecule has 1 N–H and O–H groups in total. The van der Waals surface area contributed by atoms with Crippen LogP contribution in [0.5, 0.6) is 0 Å². The summed E-state index contributed by atoms with van der Waals surface area (Å²) in [6.45, 7) is 2.93. The van der Waals surface area contributed by atoms with Crippen LogP contribution in [0.15, 0.2) is 34.9 Å². The third kappa shape index (κ3) is 3.78. The highest BCUT2D eigenvalue weighted by atomic mass is 35.5. The molecule has 6 nitrogen and oxygen atoms in total. The van der Waals surface area contributed by atoms with E-state index in [1.807, 2.05) is 0 Å². The van der Waals surface area contributed by atoms with Crippen LogP contribution < -0.4 is 5.43 Å². The SMILES string of the molecule is CC1(C)OC(=O)C(=CC=NNc2c(Cl)cccc2Cl)C(=O)O1. The minimum Gasteiger partial charge on any atom is -0.419 e. The number of ether oxygens (including phenoxy) is 2. The van der Waals surface area contributed by atoms with Crippen LogP contribution in [-0.4, -0.2) is 23.9 Å². The summed E-state index contributed by atoms with van der Waals surface area (Å²) in [6.07, 6.45) is 2.38. The zero-order chi connectivity index (χ0) is 16.3. The molecule has 22 heavy (non-hydrogen) atoms. The number of hydrogen-bond acceptors (Lipinski definition) is 6. The van der Waals surface area contributed by atoms with Crippen LogP contribution in [0.3, 0.4) is 0 Å². The molecule has 0 atom stereocenters. The number of rotatable bonds is 3. The van der Waals surface area contributed by atoms with Crippen LogP contribution in [0.4, 0.5) is 5.69 Å². The maximum atomic E-state index is 11.7. The zero-order valence-corrected chi connectivity index (χ0v) is 13.2. The van der Waals surface area contributed by atoms with E-state index in [1.165, 1.54) is 26.1 Å². The van der Waals surface area contributed by atoms with Crippen LogP contribution in [0, 0.1) is 0 Å². The number of hydrazone groups is 1. The molecule has 1 aromatic carbocycles. The molecule has 0 spiro atoms. The van der Waals surface area contributed by atoms with Crippen LogP contribution in [0.25, 0.3) is 0 Å². The fourth-order valence-electron chi connectivity index (χ4n) is 1.61. The van der Waals surface area contributed by atoms with Crippen molar-refractivity contribution in [1.29, 1.82) is 0 Å². The number of allylic oxidation sites excluding steroid dienone is 1. The van der Waals surface area contributed by atoms with E-state index in [1.54, 1.807) is 18.2 Å². The predicted molar refractivity (Wildman–Crippen MR) is 82.9 cm³/mol. The Hall–Kier alpha value is -2.05. The quantitative estimate of drug-likeness (QED) is 0.300. The summed E-state index contributed by atoms with van der Waals surface area (Å²) in [5.74, 6) is -2.82. The molecule has 0 unspecified atom stereocenters. The summed E-state index contributed by atoms with van der Waals surface area (Å²) in [7, 11) is 0. The molecule has 1 heterocycles. The number of cyclic esters (lactones) is 2. The maximum absolute atomic E-state index is 11.7. The van der Waals surface area contributed by atoms with Gasteiger partial charge in [0.05, 0.1) is 15.7 Å². The third-order valence-corrected chi connectivity index (χ3v) is 3.20. The van der Waals surface area contributed by atoms with E-state index in [9.17, 15) is 9.59 Å². The lowest BCUT2D eigenvalue weighted by atomic mass is 10.2. The van der Waals surface area contributed by atoms with E-state index in [-0.39, 0.29) is 5.57 Å². The van der Waals surface area contributed by atoms with E-state index >= 15 is 0 Å². The Morgan fingerprint density at radius 1 is 1.14 bits per heavy atom. The number of carbonyl (C=O) groups excluding carboxylic acids is 2. The number of nitrogens with one attached hydrogen (secondary N) is 1. The first-order chi connectivity index (χ1) is 10.3. The summed E-state index contributed by atoms with van der Waals surface area (Å²) in [5, 5.41) is 4.60. The van der Waals surface area contributed by atoms with E-state index in [0.29, 0.717) is 15.7 Å². The highest BCUT2D eigenvalue weighted by Gasteiger charge is 2.38. The van der Waals surface area contributed by atoms with Crippen molar-refractivity contribution in [2.45, 2.75) is 19.6 Å². The molecule has 0 amide bonds. The molecule has 2 rings (SSSR count). The van der Waals surface area contributed by atoms with Gasteiger partial charge >= 0.3 is 11.9 Å². The topological polar surface area (TPSA) is 77.0 Å². The van der Waals surface area contributed by atoms with E-state index in [2.05, 4.69) is 10.5 Å². The Labute approximate surface area is 136 Å². The molecule has 0 bridgehead atoms. The molecular formula is C14H12Cl2N2O4. The molecule has 116 valence electrons. The maximum Gasteiger partial charge on any atom is 0.348 e. The smallest absolute Gasteiger partial charge is 0.348 e. The molecule has 0 aliphatic carbocycles. The van der Waals surface area contributed by atoms with Crippen molar-refractivity contribution >= 4 is 47.0 Å². The number of benzene rings is 1. The predicted octanol–water partition coefficient (Wildman–Crippen LogP) is 3.15. The monoisotopic (exact) mass is 342 g/mol. The minimum absolute atomic E-state index is 0.255. The summed E-state index contributed by atoms with van der Waals surface area (Å²) in [5.41, 5.74) is 2.78.